The summed E-state index contributed by atoms with van der Waals surface area (Å²) in [7, 11) is 0. The number of esters is 1. The summed E-state index contributed by atoms with van der Waals surface area (Å²) in [4.78, 5) is 38.0. The van der Waals surface area contributed by atoms with Crippen LogP contribution in [-0.4, -0.2) is 56.1 Å². The van der Waals surface area contributed by atoms with Gasteiger partial charge in [0.1, 0.15) is 24.8 Å². The van der Waals surface area contributed by atoms with Crippen molar-refractivity contribution in [2.45, 2.75) is 19.5 Å². The molecule has 0 saturated heterocycles. The van der Waals surface area contributed by atoms with Crippen LogP contribution in [0.4, 0.5) is 0 Å². The Morgan fingerprint density at radius 3 is 2.74 bits per heavy atom. The van der Waals surface area contributed by atoms with Gasteiger partial charge in [-0.25, -0.2) is 15.1 Å². The molecule has 0 aliphatic carbocycles. The van der Waals surface area contributed by atoms with E-state index in [2.05, 4.69) is 26.8 Å². The van der Waals surface area contributed by atoms with E-state index in [1.807, 2.05) is 36.4 Å². The Balaban J connectivity index is 1.28. The summed E-state index contributed by atoms with van der Waals surface area (Å²) in [5, 5.41) is 9.78. The van der Waals surface area contributed by atoms with Crippen LogP contribution in [0.1, 0.15) is 22.8 Å². The third kappa shape index (κ3) is 6.01. The zero-order chi connectivity index (χ0) is 27.4. The van der Waals surface area contributed by atoms with Gasteiger partial charge in [-0.15, -0.1) is 5.10 Å². The molecule has 11 nitrogen and oxygen atoms in total. The number of rotatable bonds is 9. The third-order valence-electron chi connectivity index (χ3n) is 5.84. The fraction of sp³-hybridized carbons (Fsp3) is 0.185. The van der Waals surface area contributed by atoms with Crippen molar-refractivity contribution >= 4 is 45.5 Å². The summed E-state index contributed by atoms with van der Waals surface area (Å²) in [5.74, 6) is -1.10. The van der Waals surface area contributed by atoms with Crippen molar-refractivity contribution in [2.24, 2.45) is 5.73 Å². The van der Waals surface area contributed by atoms with Gasteiger partial charge in [-0.1, -0.05) is 35.0 Å². The molecule has 1 atom stereocenters. The highest BCUT2D eigenvalue weighted by Crippen LogP contribution is 2.26. The number of pyridine rings is 2. The number of benzene rings is 2. The average Bonchev–Trinajstić information content (AvgIpc) is 3.34. The van der Waals surface area contributed by atoms with Gasteiger partial charge in [0, 0.05) is 17.1 Å². The number of carbonyl (C=O) groups is 2. The van der Waals surface area contributed by atoms with Crippen LogP contribution in [0.2, 0.25) is 5.02 Å². The number of nitrogens with one attached hydrogen (secondary N) is 1. The van der Waals surface area contributed by atoms with Gasteiger partial charge in [-0.2, -0.15) is 0 Å². The van der Waals surface area contributed by atoms with Gasteiger partial charge in [0.15, 0.2) is 5.65 Å². The van der Waals surface area contributed by atoms with E-state index in [9.17, 15) is 9.59 Å². The van der Waals surface area contributed by atoms with Crippen LogP contribution in [0.5, 0.6) is 0 Å². The first-order valence-corrected chi connectivity index (χ1v) is 12.4. The maximum absolute atomic E-state index is 12.5. The molecule has 5 rings (SSSR count). The van der Waals surface area contributed by atoms with E-state index in [1.165, 1.54) is 6.92 Å². The monoisotopic (exact) mass is 545 g/mol. The van der Waals surface area contributed by atoms with E-state index in [-0.39, 0.29) is 23.8 Å². The minimum Gasteiger partial charge on any atom is -0.462 e. The highest BCUT2D eigenvalue weighted by Gasteiger charge is 2.15. The van der Waals surface area contributed by atoms with Crippen LogP contribution in [0.15, 0.2) is 66.9 Å². The molecule has 0 saturated carbocycles. The van der Waals surface area contributed by atoms with Gasteiger partial charge in [0.05, 0.1) is 28.3 Å². The second kappa shape index (κ2) is 11.5. The predicted molar refractivity (Wildman–Crippen MR) is 145 cm³/mol. The van der Waals surface area contributed by atoms with Gasteiger partial charge < -0.3 is 10.5 Å². The molecular weight excluding hydrogens is 522 g/mol. The lowest BCUT2D eigenvalue weighted by Gasteiger charge is -2.10. The molecule has 3 heterocycles. The molecule has 0 aliphatic rings. The highest BCUT2D eigenvalue weighted by atomic mass is 35.5. The Bertz CT molecular complexity index is 1670. The molecule has 0 bridgehead atoms. The number of fused-ring (bicyclic) bond motifs is 2. The van der Waals surface area contributed by atoms with Crippen molar-refractivity contribution in [3.8, 4) is 11.3 Å². The molecule has 0 spiro atoms. The Labute approximate surface area is 227 Å². The van der Waals surface area contributed by atoms with Crippen LogP contribution in [0.3, 0.4) is 0 Å². The van der Waals surface area contributed by atoms with E-state index in [0.717, 1.165) is 16.5 Å². The molecule has 3 aromatic heterocycles. The van der Waals surface area contributed by atoms with E-state index >= 15 is 0 Å². The van der Waals surface area contributed by atoms with Gasteiger partial charge in [0.25, 0.3) is 5.91 Å². The quantitative estimate of drug-likeness (QED) is 0.162. The van der Waals surface area contributed by atoms with Gasteiger partial charge >= 0.3 is 5.97 Å². The Morgan fingerprint density at radius 1 is 1.08 bits per heavy atom. The van der Waals surface area contributed by atoms with Crippen molar-refractivity contribution in [1.29, 1.82) is 0 Å². The van der Waals surface area contributed by atoms with E-state index in [1.54, 1.807) is 29.1 Å². The predicted octanol–water partition coefficient (Wildman–Crippen LogP) is 3.30. The molecule has 0 radical (unpaired) electrons. The Kier molecular flexibility index (Phi) is 7.73. The van der Waals surface area contributed by atoms with Crippen LogP contribution in [0, 0.1) is 0 Å². The number of hydroxylamine groups is 1. The topological polar surface area (TPSA) is 147 Å². The zero-order valence-corrected chi connectivity index (χ0v) is 21.6. The van der Waals surface area contributed by atoms with Gasteiger partial charge in [0.2, 0.25) is 0 Å². The number of halogens is 1. The molecule has 2 aromatic carbocycles. The van der Waals surface area contributed by atoms with E-state index in [4.69, 9.17) is 31.9 Å². The van der Waals surface area contributed by atoms with Crippen molar-refractivity contribution in [2.75, 3.05) is 13.2 Å². The van der Waals surface area contributed by atoms with Crippen LogP contribution in [0.25, 0.3) is 33.3 Å². The SMILES string of the molecule is CC(N)C(=O)OCCONC(=O)c1ccc(-c2ccc3nnn(Cc4ccc5ncccc5c4)c3n2)cc1Cl. The molecule has 0 aliphatic heterocycles. The number of carbonyl (C=O) groups excluding carboxylic acids is 2. The molecule has 3 N–H and O–H groups in total. The minimum absolute atomic E-state index is 0.0400. The number of hydrogen-bond acceptors (Lipinski definition) is 9. The van der Waals surface area contributed by atoms with Crippen LogP contribution < -0.4 is 11.2 Å². The summed E-state index contributed by atoms with van der Waals surface area (Å²) in [6, 6.07) is 17.9. The first-order chi connectivity index (χ1) is 18.9. The first-order valence-electron chi connectivity index (χ1n) is 12.1. The second-order valence-electron chi connectivity index (χ2n) is 8.75. The van der Waals surface area contributed by atoms with Crippen LogP contribution in [-0.2, 0) is 20.9 Å². The normalized spacial score (nSPS) is 12.0. The summed E-state index contributed by atoms with van der Waals surface area (Å²) in [6.07, 6.45) is 1.77. The largest absolute Gasteiger partial charge is 0.462 e. The molecule has 1 unspecified atom stereocenters. The summed E-state index contributed by atoms with van der Waals surface area (Å²) in [5.41, 5.74) is 12.5. The van der Waals surface area contributed by atoms with Gasteiger partial charge in [-0.05, 0) is 55.0 Å². The molecule has 39 heavy (non-hydrogen) atoms. The summed E-state index contributed by atoms with van der Waals surface area (Å²) < 4.78 is 6.61. The number of nitrogens with two attached hydrogens (primary N) is 1. The van der Waals surface area contributed by atoms with Crippen molar-refractivity contribution < 1.29 is 19.2 Å². The lowest BCUT2D eigenvalue weighted by molar-refractivity contribution is -0.146. The summed E-state index contributed by atoms with van der Waals surface area (Å²) in [6.45, 7) is 1.91. The molecule has 1 amide bonds. The average molecular weight is 546 g/mol. The van der Waals surface area contributed by atoms with E-state index < -0.39 is 17.9 Å². The zero-order valence-electron chi connectivity index (χ0n) is 20.9. The molecule has 5 aromatic rings. The number of nitrogens with zero attached hydrogens (tertiary/aromatic N) is 5. The van der Waals surface area contributed by atoms with E-state index in [0.29, 0.717) is 29.0 Å². The summed E-state index contributed by atoms with van der Waals surface area (Å²) >= 11 is 6.41. The molecule has 198 valence electrons. The molecule has 0 fully saturated rings. The smallest absolute Gasteiger partial charge is 0.322 e. The molecule has 12 heteroatoms. The first kappa shape index (κ1) is 26.2. The molecular formula is C27H24ClN7O4. The van der Waals surface area contributed by atoms with Crippen molar-refractivity contribution in [3.63, 3.8) is 0 Å². The number of hydrogen-bond donors (Lipinski definition) is 2. The van der Waals surface area contributed by atoms with Crippen molar-refractivity contribution in [3.05, 3.63) is 83.0 Å². The lowest BCUT2D eigenvalue weighted by atomic mass is 10.1. The fourth-order valence-electron chi connectivity index (χ4n) is 3.86. The number of amides is 1. The standard InChI is InChI=1S/C27H24ClN7O4/c1-16(29)27(37)38-11-12-39-33-26(36)20-6-5-19(14-21(20)28)23-8-9-24-25(31-23)35(34-32-24)15-17-4-7-22-18(13-17)3-2-10-30-22/h2-10,13-14,16H,11-12,15,29H2,1H3,(H,33,36). The lowest BCUT2D eigenvalue weighted by Crippen LogP contribution is -2.31. The fourth-order valence-corrected chi connectivity index (χ4v) is 4.13. The highest BCUT2D eigenvalue weighted by molar-refractivity contribution is 6.34. The maximum atomic E-state index is 12.5. The Hall–Kier alpha value is -4.45. The van der Waals surface area contributed by atoms with Crippen LogP contribution >= 0.6 is 11.6 Å². The minimum atomic E-state index is -0.730. The second-order valence-corrected chi connectivity index (χ2v) is 9.15. The maximum Gasteiger partial charge on any atom is 0.322 e. The Morgan fingerprint density at radius 2 is 1.92 bits per heavy atom. The van der Waals surface area contributed by atoms with Crippen molar-refractivity contribution in [1.82, 2.24) is 30.4 Å². The third-order valence-corrected chi connectivity index (χ3v) is 6.15. The van der Waals surface area contributed by atoms with Gasteiger partial charge in [-0.3, -0.25) is 19.4 Å². The number of ether oxygens (including phenoxy) is 1. The number of aromatic nitrogens is 5.